The van der Waals surface area contributed by atoms with Crippen molar-refractivity contribution in [2.75, 3.05) is 32.9 Å². The van der Waals surface area contributed by atoms with Crippen LogP contribution >= 0.6 is 0 Å². The molecule has 170 valence electrons. The predicted octanol–water partition coefficient (Wildman–Crippen LogP) is 0.454. The van der Waals surface area contributed by atoms with E-state index in [4.69, 9.17) is 9.47 Å². The van der Waals surface area contributed by atoms with Crippen molar-refractivity contribution in [3.8, 4) is 11.8 Å². The SMILES string of the molecule is Cn1c(=O)n(C2CCC(=O)NC2=O)c2ccc(C#CCOCCOC3CCNCC3)cc21. The molecule has 2 aliphatic rings. The largest absolute Gasteiger partial charge is 0.376 e. The second-order valence-corrected chi connectivity index (χ2v) is 8.06. The molecule has 0 aliphatic carbocycles. The van der Waals surface area contributed by atoms with E-state index in [0.29, 0.717) is 43.4 Å². The smallest absolute Gasteiger partial charge is 0.329 e. The topological polar surface area (TPSA) is 104 Å². The third kappa shape index (κ3) is 4.93. The van der Waals surface area contributed by atoms with Crippen LogP contribution in [0.2, 0.25) is 0 Å². The van der Waals surface area contributed by atoms with E-state index in [0.717, 1.165) is 31.5 Å². The van der Waals surface area contributed by atoms with E-state index in [2.05, 4.69) is 22.5 Å². The van der Waals surface area contributed by atoms with Gasteiger partial charge in [0.1, 0.15) is 12.6 Å². The van der Waals surface area contributed by atoms with E-state index >= 15 is 0 Å². The maximum atomic E-state index is 12.8. The minimum Gasteiger partial charge on any atom is -0.376 e. The predicted molar refractivity (Wildman–Crippen MR) is 118 cm³/mol. The van der Waals surface area contributed by atoms with Gasteiger partial charge in [0.15, 0.2) is 0 Å². The summed E-state index contributed by atoms with van der Waals surface area (Å²) in [7, 11) is 1.66. The summed E-state index contributed by atoms with van der Waals surface area (Å²) in [6.07, 6.45) is 2.92. The van der Waals surface area contributed by atoms with Gasteiger partial charge >= 0.3 is 5.69 Å². The van der Waals surface area contributed by atoms with Gasteiger partial charge in [0.2, 0.25) is 11.8 Å². The lowest BCUT2D eigenvalue weighted by Gasteiger charge is -2.22. The van der Waals surface area contributed by atoms with Gasteiger partial charge in [-0.25, -0.2) is 4.79 Å². The second kappa shape index (κ2) is 10.1. The zero-order valence-corrected chi connectivity index (χ0v) is 18.2. The summed E-state index contributed by atoms with van der Waals surface area (Å²) in [5.41, 5.74) is 1.78. The van der Waals surface area contributed by atoms with Crippen LogP contribution in [0.4, 0.5) is 0 Å². The quantitative estimate of drug-likeness (QED) is 0.384. The van der Waals surface area contributed by atoms with E-state index in [1.807, 2.05) is 12.1 Å². The molecule has 9 nitrogen and oxygen atoms in total. The van der Waals surface area contributed by atoms with Crippen LogP contribution in [-0.2, 0) is 26.1 Å². The Kier molecular flexibility index (Phi) is 7.05. The van der Waals surface area contributed by atoms with E-state index in [1.54, 1.807) is 13.1 Å². The highest BCUT2D eigenvalue weighted by atomic mass is 16.5. The van der Waals surface area contributed by atoms with Gasteiger partial charge in [0, 0.05) is 19.0 Å². The van der Waals surface area contributed by atoms with Crippen LogP contribution < -0.4 is 16.3 Å². The standard InChI is InChI=1S/C23H28N4O5/c1-26-20-15-16(3-2-12-31-13-14-32-17-8-10-24-11-9-17)4-5-18(20)27(23(26)30)19-6-7-21(28)25-22(19)29/h4-5,15,17,19,24H,6-14H2,1H3,(H,25,28,29). The lowest BCUT2D eigenvalue weighted by molar-refractivity contribution is -0.135. The van der Waals surface area contributed by atoms with Gasteiger partial charge < -0.3 is 14.8 Å². The second-order valence-electron chi connectivity index (χ2n) is 8.06. The normalized spacial score (nSPS) is 19.6. The highest BCUT2D eigenvalue weighted by Gasteiger charge is 2.31. The average Bonchev–Trinajstić information content (AvgIpc) is 3.04. The summed E-state index contributed by atoms with van der Waals surface area (Å²) < 4.78 is 14.3. The average molecular weight is 441 g/mol. The molecular weight excluding hydrogens is 412 g/mol. The molecule has 2 fully saturated rings. The summed E-state index contributed by atoms with van der Waals surface area (Å²) in [6, 6.07) is 4.74. The number of aryl methyl sites for hydroxylation is 1. The summed E-state index contributed by atoms with van der Waals surface area (Å²) in [5.74, 6) is 5.29. The minimum atomic E-state index is -0.693. The Hall–Kier alpha value is -2.93. The molecule has 32 heavy (non-hydrogen) atoms. The number of imidazole rings is 1. The van der Waals surface area contributed by atoms with Gasteiger partial charge in [-0.05, 0) is 50.6 Å². The number of fused-ring (bicyclic) bond motifs is 1. The molecule has 1 aromatic heterocycles. The number of nitrogens with zero attached hydrogens (tertiary/aromatic N) is 2. The monoisotopic (exact) mass is 440 g/mol. The molecule has 1 atom stereocenters. The fourth-order valence-corrected chi connectivity index (χ4v) is 4.17. The van der Waals surface area contributed by atoms with Crippen LogP contribution in [0.3, 0.4) is 0 Å². The zero-order valence-electron chi connectivity index (χ0n) is 18.2. The van der Waals surface area contributed by atoms with Gasteiger partial charge in [-0.2, -0.15) is 0 Å². The third-order valence-corrected chi connectivity index (χ3v) is 5.89. The number of piperidine rings is 2. The van der Waals surface area contributed by atoms with Gasteiger partial charge in [-0.15, -0.1) is 0 Å². The van der Waals surface area contributed by atoms with Crippen LogP contribution in [0.5, 0.6) is 0 Å². The Bertz CT molecular complexity index is 1120. The molecule has 1 aromatic carbocycles. The molecule has 3 heterocycles. The molecule has 1 unspecified atom stereocenters. The number of ether oxygens (including phenoxy) is 2. The van der Waals surface area contributed by atoms with Crippen LogP contribution in [-0.4, -0.2) is 60.0 Å². The summed E-state index contributed by atoms with van der Waals surface area (Å²) >= 11 is 0. The first-order valence-electron chi connectivity index (χ1n) is 11.0. The number of rotatable bonds is 6. The summed E-state index contributed by atoms with van der Waals surface area (Å²) in [6.45, 7) is 3.37. The highest BCUT2D eigenvalue weighted by Crippen LogP contribution is 2.23. The van der Waals surface area contributed by atoms with Crippen molar-refractivity contribution >= 4 is 22.8 Å². The van der Waals surface area contributed by atoms with Crippen LogP contribution in [0.15, 0.2) is 23.0 Å². The fourth-order valence-electron chi connectivity index (χ4n) is 4.17. The molecule has 2 saturated heterocycles. The lowest BCUT2D eigenvalue weighted by atomic mass is 10.1. The number of hydrogen-bond donors (Lipinski definition) is 2. The van der Waals surface area contributed by atoms with Crippen molar-refractivity contribution in [3.05, 3.63) is 34.2 Å². The Morgan fingerprint density at radius 3 is 2.69 bits per heavy atom. The van der Waals surface area contributed by atoms with Crippen LogP contribution in [0.1, 0.15) is 37.3 Å². The molecule has 2 amide bonds. The number of amides is 2. The minimum absolute atomic E-state index is 0.214. The summed E-state index contributed by atoms with van der Waals surface area (Å²) in [4.78, 5) is 36.5. The van der Waals surface area contributed by atoms with E-state index in [1.165, 1.54) is 9.13 Å². The maximum Gasteiger partial charge on any atom is 0.329 e. The van der Waals surface area contributed by atoms with Crippen molar-refractivity contribution in [3.63, 3.8) is 0 Å². The molecule has 2 aliphatic heterocycles. The number of benzene rings is 1. The number of nitrogens with one attached hydrogen (secondary N) is 2. The number of hydrogen-bond acceptors (Lipinski definition) is 6. The maximum absolute atomic E-state index is 12.8. The third-order valence-electron chi connectivity index (χ3n) is 5.89. The lowest BCUT2D eigenvalue weighted by Crippen LogP contribution is -2.44. The van der Waals surface area contributed by atoms with E-state index < -0.39 is 11.9 Å². The van der Waals surface area contributed by atoms with Crippen LogP contribution in [0, 0.1) is 11.8 Å². The first-order valence-corrected chi connectivity index (χ1v) is 11.0. The molecule has 0 saturated carbocycles. The van der Waals surface area contributed by atoms with Crippen molar-refractivity contribution in [1.29, 1.82) is 0 Å². The molecule has 0 bridgehead atoms. The van der Waals surface area contributed by atoms with Gasteiger partial charge in [0.05, 0.1) is 30.4 Å². The van der Waals surface area contributed by atoms with E-state index in [9.17, 15) is 14.4 Å². The first kappa shape index (κ1) is 22.3. The fraction of sp³-hybridized carbons (Fsp3) is 0.522. The zero-order chi connectivity index (χ0) is 22.5. The molecule has 0 radical (unpaired) electrons. The van der Waals surface area contributed by atoms with Crippen molar-refractivity contribution < 1.29 is 19.1 Å². The Balaban J connectivity index is 1.37. The first-order chi connectivity index (χ1) is 15.5. The molecule has 2 aromatic rings. The van der Waals surface area contributed by atoms with Crippen molar-refractivity contribution in [1.82, 2.24) is 19.8 Å². The molecule has 9 heteroatoms. The molecular formula is C23H28N4O5. The highest BCUT2D eigenvalue weighted by molar-refractivity contribution is 6.00. The summed E-state index contributed by atoms with van der Waals surface area (Å²) in [5, 5.41) is 5.62. The van der Waals surface area contributed by atoms with Crippen LogP contribution in [0.25, 0.3) is 11.0 Å². The van der Waals surface area contributed by atoms with Crippen molar-refractivity contribution in [2.45, 2.75) is 37.8 Å². The molecule has 4 rings (SSSR count). The number of carbonyl (C=O) groups is 2. The van der Waals surface area contributed by atoms with Gasteiger partial charge in [0.25, 0.3) is 0 Å². The Labute approximate surface area is 186 Å². The molecule has 2 N–H and O–H groups in total. The Morgan fingerprint density at radius 1 is 1.09 bits per heavy atom. The van der Waals surface area contributed by atoms with Gasteiger partial charge in [-0.3, -0.25) is 24.0 Å². The number of carbonyl (C=O) groups excluding carboxylic acids is 2. The van der Waals surface area contributed by atoms with Gasteiger partial charge in [-0.1, -0.05) is 11.8 Å². The molecule has 0 spiro atoms. The number of aromatic nitrogens is 2. The van der Waals surface area contributed by atoms with E-state index in [-0.39, 0.29) is 18.0 Å². The van der Waals surface area contributed by atoms with Crippen molar-refractivity contribution in [2.24, 2.45) is 7.05 Å². The Morgan fingerprint density at radius 2 is 1.91 bits per heavy atom. The number of imide groups is 1.